The van der Waals surface area contributed by atoms with Crippen LogP contribution in [0.5, 0.6) is 11.5 Å². The maximum Gasteiger partial charge on any atom is 0.311 e. The molecule has 0 unspecified atom stereocenters. The summed E-state index contributed by atoms with van der Waals surface area (Å²) in [5.74, 6) is 0.0567. The molecule has 0 atom stereocenters. The summed E-state index contributed by atoms with van der Waals surface area (Å²) >= 11 is 0. The molecule has 0 aliphatic heterocycles. The molecule has 0 spiro atoms. The molecule has 0 fully saturated rings. The van der Waals surface area contributed by atoms with Gasteiger partial charge in [0.05, 0.1) is 16.6 Å². The van der Waals surface area contributed by atoms with E-state index >= 15 is 0 Å². The molecular weight excluding hydrogens is 286 g/mol. The Morgan fingerprint density at radius 3 is 2.50 bits per heavy atom. The Morgan fingerprint density at radius 1 is 1.27 bits per heavy atom. The summed E-state index contributed by atoms with van der Waals surface area (Å²) in [4.78, 5) is 21.5. The first-order chi connectivity index (χ1) is 10.5. The van der Waals surface area contributed by atoms with Gasteiger partial charge in [0.25, 0.3) is 0 Å². The van der Waals surface area contributed by atoms with Gasteiger partial charge in [-0.15, -0.1) is 0 Å². The topological polar surface area (TPSA) is 105 Å². The molecule has 0 bridgehead atoms. The van der Waals surface area contributed by atoms with E-state index in [-0.39, 0.29) is 17.3 Å². The Kier molecular flexibility index (Phi) is 4.34. The van der Waals surface area contributed by atoms with E-state index in [0.717, 1.165) is 0 Å². The molecule has 22 heavy (non-hydrogen) atoms. The van der Waals surface area contributed by atoms with Crippen molar-refractivity contribution in [2.45, 2.75) is 6.92 Å². The average molecular weight is 297 g/mol. The second-order valence-electron chi connectivity index (χ2n) is 4.36. The number of carbonyl (C=O) groups excluding carboxylic acids is 1. The largest absolute Gasteiger partial charge is 0.450 e. The molecule has 1 N–H and O–H groups in total. The van der Waals surface area contributed by atoms with Crippen LogP contribution in [0.25, 0.3) is 0 Å². The predicted octanol–water partition coefficient (Wildman–Crippen LogP) is 3.22. The summed E-state index contributed by atoms with van der Waals surface area (Å²) in [5, 5.41) is 22.3. The van der Waals surface area contributed by atoms with Crippen molar-refractivity contribution in [2.75, 3.05) is 5.32 Å². The van der Waals surface area contributed by atoms with Crippen LogP contribution < -0.4 is 10.1 Å². The van der Waals surface area contributed by atoms with Crippen molar-refractivity contribution in [1.82, 2.24) is 0 Å². The molecule has 7 heteroatoms. The fourth-order valence-electron chi connectivity index (χ4n) is 1.75. The Morgan fingerprint density at radius 2 is 1.95 bits per heavy atom. The molecule has 0 saturated heterocycles. The predicted molar refractivity (Wildman–Crippen MR) is 78.6 cm³/mol. The van der Waals surface area contributed by atoms with Gasteiger partial charge in [-0.1, -0.05) is 0 Å². The zero-order valence-electron chi connectivity index (χ0n) is 11.6. The molecule has 0 saturated carbocycles. The second kappa shape index (κ2) is 6.37. The van der Waals surface area contributed by atoms with E-state index in [0.29, 0.717) is 17.0 Å². The Hall–Kier alpha value is -3.40. The highest BCUT2D eigenvalue weighted by Crippen LogP contribution is 2.33. The quantitative estimate of drug-likeness (QED) is 0.689. The van der Waals surface area contributed by atoms with Crippen molar-refractivity contribution in [3.8, 4) is 17.6 Å². The zero-order chi connectivity index (χ0) is 16.1. The summed E-state index contributed by atoms with van der Waals surface area (Å²) in [6, 6.07) is 12.2. The number of nitriles is 1. The maximum atomic E-state index is 11.1. The average Bonchev–Trinajstić information content (AvgIpc) is 2.47. The molecule has 1 amide bonds. The van der Waals surface area contributed by atoms with Crippen molar-refractivity contribution in [2.24, 2.45) is 0 Å². The number of amides is 1. The smallest absolute Gasteiger partial charge is 0.311 e. The molecule has 7 nitrogen and oxygen atoms in total. The van der Waals surface area contributed by atoms with E-state index in [9.17, 15) is 14.9 Å². The van der Waals surface area contributed by atoms with E-state index in [2.05, 4.69) is 5.32 Å². The van der Waals surface area contributed by atoms with E-state index < -0.39 is 4.92 Å². The fourth-order valence-corrected chi connectivity index (χ4v) is 1.75. The highest BCUT2D eigenvalue weighted by atomic mass is 16.6. The number of benzene rings is 2. The van der Waals surface area contributed by atoms with Crippen LogP contribution in [0.2, 0.25) is 0 Å². The van der Waals surface area contributed by atoms with Crippen molar-refractivity contribution >= 4 is 17.3 Å². The van der Waals surface area contributed by atoms with E-state index in [4.69, 9.17) is 10.00 Å². The number of nitro groups is 1. The highest BCUT2D eigenvalue weighted by Gasteiger charge is 2.17. The summed E-state index contributed by atoms with van der Waals surface area (Å²) < 4.78 is 5.49. The van der Waals surface area contributed by atoms with E-state index in [1.807, 2.05) is 6.07 Å². The first kappa shape index (κ1) is 15.0. The Bertz CT molecular complexity index is 763. The number of anilines is 1. The minimum absolute atomic E-state index is 0.000887. The van der Waals surface area contributed by atoms with E-state index in [1.165, 1.54) is 37.3 Å². The number of carbonyl (C=O) groups is 1. The van der Waals surface area contributed by atoms with Crippen molar-refractivity contribution in [1.29, 1.82) is 5.26 Å². The highest BCUT2D eigenvalue weighted by molar-refractivity contribution is 5.89. The zero-order valence-corrected chi connectivity index (χ0v) is 11.6. The molecule has 2 aromatic rings. The van der Waals surface area contributed by atoms with E-state index in [1.54, 1.807) is 12.1 Å². The van der Waals surface area contributed by atoms with Crippen LogP contribution in [0.4, 0.5) is 11.4 Å². The minimum Gasteiger partial charge on any atom is -0.450 e. The van der Waals surface area contributed by atoms with Gasteiger partial charge in [0.1, 0.15) is 5.75 Å². The van der Waals surface area contributed by atoms with Crippen molar-refractivity contribution in [3.05, 3.63) is 58.1 Å². The third kappa shape index (κ3) is 3.58. The molecule has 0 radical (unpaired) electrons. The Balaban J connectivity index is 2.35. The fraction of sp³-hybridized carbons (Fsp3) is 0.0667. The van der Waals surface area contributed by atoms with Crippen LogP contribution in [0.15, 0.2) is 42.5 Å². The van der Waals surface area contributed by atoms with Gasteiger partial charge in [0.2, 0.25) is 11.7 Å². The standard InChI is InChI=1S/C15H11N3O4/c1-10(19)17-12-4-7-14(18(20)21)15(8-12)22-13-5-2-11(9-16)3-6-13/h2-8H,1H3,(H,17,19). The van der Waals surface area contributed by atoms with Crippen LogP contribution in [-0.2, 0) is 4.79 Å². The van der Waals surface area contributed by atoms with Crippen LogP contribution >= 0.6 is 0 Å². The van der Waals surface area contributed by atoms with Gasteiger partial charge < -0.3 is 10.1 Å². The second-order valence-corrected chi connectivity index (χ2v) is 4.36. The third-order valence-corrected chi connectivity index (χ3v) is 2.69. The lowest BCUT2D eigenvalue weighted by Crippen LogP contribution is -2.06. The van der Waals surface area contributed by atoms with Gasteiger partial charge in [-0.3, -0.25) is 14.9 Å². The van der Waals surface area contributed by atoms with Crippen LogP contribution in [-0.4, -0.2) is 10.8 Å². The number of nitrogens with zero attached hydrogens (tertiary/aromatic N) is 2. The van der Waals surface area contributed by atoms with Crippen molar-refractivity contribution in [3.63, 3.8) is 0 Å². The minimum atomic E-state index is -0.573. The molecule has 2 rings (SSSR count). The normalized spacial score (nSPS) is 9.64. The number of ether oxygens (including phenoxy) is 1. The first-order valence-electron chi connectivity index (χ1n) is 6.23. The summed E-state index contributed by atoms with van der Waals surface area (Å²) in [6.45, 7) is 1.34. The lowest BCUT2D eigenvalue weighted by molar-refractivity contribution is -0.385. The third-order valence-electron chi connectivity index (χ3n) is 2.69. The number of nitrogens with one attached hydrogen (secondary N) is 1. The number of nitro benzene ring substituents is 1. The van der Waals surface area contributed by atoms with Gasteiger partial charge in [0, 0.05) is 24.7 Å². The summed E-state index contributed by atoms with van der Waals surface area (Å²) in [7, 11) is 0. The Labute approximate surface area is 125 Å². The number of rotatable bonds is 4. The molecule has 0 heterocycles. The van der Waals surface area contributed by atoms with Gasteiger partial charge in [-0.25, -0.2) is 0 Å². The molecule has 0 aliphatic rings. The number of hydrogen-bond donors (Lipinski definition) is 1. The summed E-state index contributed by atoms with van der Waals surface area (Å²) in [5.41, 5.74) is 0.619. The lowest BCUT2D eigenvalue weighted by Gasteiger charge is -2.09. The lowest BCUT2D eigenvalue weighted by atomic mass is 10.2. The van der Waals surface area contributed by atoms with Gasteiger partial charge in [-0.2, -0.15) is 5.26 Å². The monoisotopic (exact) mass is 297 g/mol. The molecule has 0 aromatic heterocycles. The van der Waals surface area contributed by atoms with Crippen molar-refractivity contribution < 1.29 is 14.5 Å². The molecular formula is C15H11N3O4. The van der Waals surface area contributed by atoms with Gasteiger partial charge in [-0.05, 0) is 30.3 Å². The van der Waals surface area contributed by atoms with Gasteiger partial charge >= 0.3 is 5.69 Å². The van der Waals surface area contributed by atoms with Crippen LogP contribution in [0, 0.1) is 21.4 Å². The van der Waals surface area contributed by atoms with Crippen LogP contribution in [0.1, 0.15) is 12.5 Å². The SMILES string of the molecule is CC(=O)Nc1ccc([N+](=O)[O-])c(Oc2ccc(C#N)cc2)c1. The van der Waals surface area contributed by atoms with Gasteiger partial charge in [0.15, 0.2) is 0 Å². The molecule has 2 aromatic carbocycles. The summed E-state index contributed by atoms with van der Waals surface area (Å²) in [6.07, 6.45) is 0. The maximum absolute atomic E-state index is 11.1. The first-order valence-corrected chi connectivity index (χ1v) is 6.23. The molecule has 0 aliphatic carbocycles. The molecule has 110 valence electrons. The van der Waals surface area contributed by atoms with Crippen LogP contribution in [0.3, 0.4) is 0 Å². The number of hydrogen-bond acceptors (Lipinski definition) is 5.